The summed E-state index contributed by atoms with van der Waals surface area (Å²) >= 11 is 0. The predicted octanol–water partition coefficient (Wildman–Crippen LogP) is -1.86. The predicted molar refractivity (Wildman–Crippen MR) is 27.7 cm³/mol. The molecule has 0 heterocycles. The van der Waals surface area contributed by atoms with E-state index in [0.29, 0.717) is 0 Å². The summed E-state index contributed by atoms with van der Waals surface area (Å²) in [6, 6.07) is 0. The third-order valence-electron chi connectivity index (χ3n) is 0.474. The molecule has 0 aliphatic carbocycles. The molecule has 0 amide bonds. The normalized spacial score (nSPS) is 10.3. The van der Waals surface area contributed by atoms with Crippen molar-refractivity contribution in [2.45, 2.75) is 20.8 Å². The first kappa shape index (κ1) is 10.9. The molecule has 0 aromatic carbocycles. The molecule has 0 saturated carbocycles. The Kier molecular flexibility index (Phi) is 6.05. The number of hydrogen-bond donors (Lipinski definition) is 1. The van der Waals surface area contributed by atoms with Gasteiger partial charge in [0.25, 0.3) is 0 Å². The topological polar surface area (TPSA) is 20.2 Å². The van der Waals surface area contributed by atoms with Gasteiger partial charge in [-0.05, 0) is 5.41 Å². The van der Waals surface area contributed by atoms with Crippen LogP contribution in [0.5, 0.6) is 0 Å². The Hall–Kier alpha value is 0.960. The third kappa shape index (κ3) is 10.9. The van der Waals surface area contributed by atoms with Gasteiger partial charge in [0.05, 0.1) is 0 Å². The van der Waals surface area contributed by atoms with Crippen LogP contribution < -0.4 is 29.6 Å². The monoisotopic (exact) mass is 112 g/mol. The zero-order valence-corrected chi connectivity index (χ0v) is 7.65. The minimum atomic E-state index is 0. The molecule has 1 nitrogen and oxygen atoms in total. The first-order valence-electron chi connectivity index (χ1n) is 2.17. The molecule has 2 heteroatoms. The second-order valence-corrected chi connectivity index (χ2v) is 2.72. The summed E-state index contributed by atoms with van der Waals surface area (Å²) in [7, 11) is 0. The molecule has 0 radical (unpaired) electrons. The maximum Gasteiger partial charge on any atom is 1.00 e. The summed E-state index contributed by atoms with van der Waals surface area (Å²) in [4.78, 5) is 0. The van der Waals surface area contributed by atoms with E-state index in [-0.39, 0.29) is 43.0 Å². The minimum absolute atomic E-state index is 0. The van der Waals surface area contributed by atoms with Crippen LogP contribution in [-0.4, -0.2) is 11.7 Å². The van der Waals surface area contributed by atoms with Crippen molar-refractivity contribution >= 4 is 0 Å². The second kappa shape index (κ2) is 3.90. The molecule has 0 fully saturated rings. The molecule has 0 aliphatic rings. The van der Waals surface area contributed by atoms with Crippen LogP contribution in [0.4, 0.5) is 0 Å². The Labute approximate surface area is 68.9 Å². The summed E-state index contributed by atoms with van der Waals surface area (Å²) in [5.41, 5.74) is 0.0972. The van der Waals surface area contributed by atoms with Gasteiger partial charge in [0.1, 0.15) is 0 Å². The van der Waals surface area contributed by atoms with E-state index in [1.165, 1.54) is 0 Å². The Morgan fingerprint density at radius 1 is 1.43 bits per heavy atom. The first-order valence-corrected chi connectivity index (χ1v) is 2.17. The fourth-order valence-electron chi connectivity index (χ4n) is 0. The molecule has 0 saturated heterocycles. The van der Waals surface area contributed by atoms with Crippen molar-refractivity contribution in [3.8, 4) is 0 Å². The molecule has 0 aromatic rings. The van der Waals surface area contributed by atoms with Gasteiger partial charge in [0.15, 0.2) is 0 Å². The van der Waals surface area contributed by atoms with E-state index in [1.54, 1.807) is 0 Å². The smallest absolute Gasteiger partial charge is 1.00 e. The molecule has 1 N–H and O–H groups in total. The molecule has 0 rings (SSSR count). The average molecular weight is 112 g/mol. The maximum atomic E-state index is 8.40. The Balaban J connectivity index is -0.000000125. The number of hydrogen-bond acceptors (Lipinski definition) is 1. The average Bonchev–Trinajstić information content (AvgIpc) is 1.35. The number of aliphatic hydroxyl groups excluding tert-OH is 1. The van der Waals surface area contributed by atoms with Crippen LogP contribution in [-0.2, 0) is 0 Å². The Bertz CT molecular complexity index is 42.2. The SMILES string of the molecule is CC(C)(C)CO.[H-].[Na+]. The molecule has 0 unspecified atom stereocenters. The Morgan fingerprint density at radius 2 is 1.57 bits per heavy atom. The quantitative estimate of drug-likeness (QED) is 0.364. The van der Waals surface area contributed by atoms with Crippen LogP contribution in [0.1, 0.15) is 22.2 Å². The Morgan fingerprint density at radius 3 is 1.57 bits per heavy atom. The second-order valence-electron chi connectivity index (χ2n) is 2.72. The van der Waals surface area contributed by atoms with Gasteiger partial charge < -0.3 is 6.53 Å². The molecule has 0 atom stereocenters. The van der Waals surface area contributed by atoms with E-state index < -0.39 is 0 Å². The van der Waals surface area contributed by atoms with E-state index >= 15 is 0 Å². The number of rotatable bonds is 0. The van der Waals surface area contributed by atoms with Crippen LogP contribution >= 0.6 is 0 Å². The van der Waals surface area contributed by atoms with E-state index in [1.807, 2.05) is 20.8 Å². The molecular formula is C5H13NaO. The van der Waals surface area contributed by atoms with Crippen molar-refractivity contribution in [1.29, 1.82) is 0 Å². The van der Waals surface area contributed by atoms with Crippen molar-refractivity contribution in [3.05, 3.63) is 0 Å². The largest absolute Gasteiger partial charge is 1.00 e. The molecule has 40 valence electrons. The van der Waals surface area contributed by atoms with Crippen molar-refractivity contribution < 1.29 is 36.1 Å². The van der Waals surface area contributed by atoms with Gasteiger partial charge in [-0.1, -0.05) is 20.8 Å². The molecule has 0 spiro atoms. The van der Waals surface area contributed by atoms with Crippen LogP contribution in [0, 0.1) is 5.41 Å². The fraction of sp³-hybridized carbons (Fsp3) is 1.00. The zero-order chi connectivity index (χ0) is 5.21. The summed E-state index contributed by atoms with van der Waals surface area (Å²) < 4.78 is 0. The molecular weight excluding hydrogens is 99.0 g/mol. The fourth-order valence-corrected chi connectivity index (χ4v) is 0. The third-order valence-corrected chi connectivity index (χ3v) is 0.474. The first-order chi connectivity index (χ1) is 2.56. The van der Waals surface area contributed by atoms with Crippen LogP contribution in [0.25, 0.3) is 0 Å². The van der Waals surface area contributed by atoms with Gasteiger partial charge in [-0.3, -0.25) is 0 Å². The van der Waals surface area contributed by atoms with E-state index in [2.05, 4.69) is 0 Å². The molecule has 0 aliphatic heterocycles. The maximum absolute atomic E-state index is 8.40. The van der Waals surface area contributed by atoms with Gasteiger partial charge in [0, 0.05) is 6.61 Å². The van der Waals surface area contributed by atoms with Gasteiger partial charge >= 0.3 is 29.6 Å². The summed E-state index contributed by atoms with van der Waals surface area (Å²) in [6.07, 6.45) is 0. The minimum Gasteiger partial charge on any atom is -1.00 e. The van der Waals surface area contributed by atoms with Gasteiger partial charge in [0.2, 0.25) is 0 Å². The van der Waals surface area contributed by atoms with Crippen LogP contribution in [0.3, 0.4) is 0 Å². The van der Waals surface area contributed by atoms with Crippen LogP contribution in [0.15, 0.2) is 0 Å². The van der Waals surface area contributed by atoms with E-state index in [9.17, 15) is 0 Å². The summed E-state index contributed by atoms with van der Waals surface area (Å²) in [5.74, 6) is 0. The summed E-state index contributed by atoms with van der Waals surface area (Å²) in [6.45, 7) is 6.25. The zero-order valence-electron chi connectivity index (χ0n) is 6.65. The van der Waals surface area contributed by atoms with E-state index in [0.717, 1.165) is 0 Å². The van der Waals surface area contributed by atoms with Gasteiger partial charge in [-0.15, -0.1) is 0 Å². The van der Waals surface area contributed by atoms with Crippen molar-refractivity contribution in [2.75, 3.05) is 6.61 Å². The van der Waals surface area contributed by atoms with Crippen molar-refractivity contribution in [2.24, 2.45) is 5.41 Å². The van der Waals surface area contributed by atoms with Crippen LogP contribution in [0.2, 0.25) is 0 Å². The number of aliphatic hydroxyl groups is 1. The molecule has 0 aromatic heterocycles. The van der Waals surface area contributed by atoms with Crippen molar-refractivity contribution in [3.63, 3.8) is 0 Å². The van der Waals surface area contributed by atoms with E-state index in [4.69, 9.17) is 5.11 Å². The van der Waals surface area contributed by atoms with Gasteiger partial charge in [-0.2, -0.15) is 0 Å². The summed E-state index contributed by atoms with van der Waals surface area (Å²) in [5, 5.41) is 8.40. The standard InChI is InChI=1S/C5H12O.Na.H/c1-5(2,3)4-6;;/h6H,4H2,1-3H3;;/q;+1;-1. The van der Waals surface area contributed by atoms with Crippen molar-refractivity contribution in [1.82, 2.24) is 0 Å². The molecule has 7 heavy (non-hydrogen) atoms. The van der Waals surface area contributed by atoms with Gasteiger partial charge in [-0.25, -0.2) is 0 Å². The molecule has 0 bridgehead atoms.